The van der Waals surface area contributed by atoms with E-state index in [2.05, 4.69) is 6.07 Å². The van der Waals surface area contributed by atoms with Gasteiger partial charge in [0.2, 0.25) is 0 Å². The fourth-order valence-electron chi connectivity index (χ4n) is 2.19. The number of nitriles is 1. The van der Waals surface area contributed by atoms with Crippen LogP contribution in [-0.2, 0) is 0 Å². The van der Waals surface area contributed by atoms with Gasteiger partial charge in [-0.3, -0.25) is 10.1 Å². The number of hydrogen-bond acceptors (Lipinski definition) is 3. The standard InChI is InChI=1S/C14H18N2O2/c1-9-6-7-12(16(17)18)10(2)13(9)11(8-15)14(3,4)5/h6-7,11H,1-5H3. The fourth-order valence-corrected chi connectivity index (χ4v) is 2.19. The second-order valence-corrected chi connectivity index (χ2v) is 5.63. The van der Waals surface area contributed by atoms with Crippen LogP contribution >= 0.6 is 0 Å². The number of aryl methyl sites for hydroxylation is 1. The summed E-state index contributed by atoms with van der Waals surface area (Å²) < 4.78 is 0. The van der Waals surface area contributed by atoms with E-state index in [0.717, 1.165) is 11.1 Å². The molecular weight excluding hydrogens is 228 g/mol. The van der Waals surface area contributed by atoms with E-state index in [0.29, 0.717) is 5.56 Å². The van der Waals surface area contributed by atoms with Crippen LogP contribution in [0.4, 0.5) is 5.69 Å². The van der Waals surface area contributed by atoms with E-state index < -0.39 is 4.92 Å². The van der Waals surface area contributed by atoms with E-state index in [1.165, 1.54) is 6.07 Å². The first-order chi connectivity index (χ1) is 8.20. The Balaban J connectivity index is 3.54. The molecule has 0 heterocycles. The van der Waals surface area contributed by atoms with Crippen LogP contribution in [0.3, 0.4) is 0 Å². The Morgan fingerprint density at radius 3 is 2.28 bits per heavy atom. The van der Waals surface area contributed by atoms with Gasteiger partial charge in [0, 0.05) is 11.6 Å². The number of nitro groups is 1. The van der Waals surface area contributed by atoms with Crippen molar-refractivity contribution in [2.24, 2.45) is 5.41 Å². The maximum Gasteiger partial charge on any atom is 0.272 e. The molecule has 0 radical (unpaired) electrons. The molecule has 0 N–H and O–H groups in total. The number of nitro benzene ring substituents is 1. The first-order valence-corrected chi connectivity index (χ1v) is 5.84. The zero-order valence-corrected chi connectivity index (χ0v) is 11.4. The summed E-state index contributed by atoms with van der Waals surface area (Å²) in [6.07, 6.45) is 0. The molecule has 0 aliphatic rings. The Bertz CT molecular complexity index is 522. The minimum Gasteiger partial charge on any atom is -0.258 e. The van der Waals surface area contributed by atoms with Gasteiger partial charge >= 0.3 is 0 Å². The van der Waals surface area contributed by atoms with Gasteiger partial charge in [-0.05, 0) is 30.4 Å². The van der Waals surface area contributed by atoms with Crippen molar-refractivity contribution in [1.82, 2.24) is 0 Å². The van der Waals surface area contributed by atoms with Crippen molar-refractivity contribution >= 4 is 5.69 Å². The normalized spacial score (nSPS) is 12.9. The van der Waals surface area contributed by atoms with Crippen molar-refractivity contribution in [3.63, 3.8) is 0 Å². The molecule has 0 aliphatic carbocycles. The average Bonchev–Trinajstić information content (AvgIpc) is 2.21. The van der Waals surface area contributed by atoms with Gasteiger partial charge in [-0.2, -0.15) is 5.26 Å². The summed E-state index contributed by atoms with van der Waals surface area (Å²) in [5.41, 5.74) is 2.15. The summed E-state index contributed by atoms with van der Waals surface area (Å²) in [4.78, 5) is 10.6. The monoisotopic (exact) mass is 246 g/mol. The highest BCUT2D eigenvalue weighted by atomic mass is 16.6. The van der Waals surface area contributed by atoms with E-state index in [4.69, 9.17) is 0 Å². The van der Waals surface area contributed by atoms with Crippen molar-refractivity contribution in [3.8, 4) is 6.07 Å². The lowest BCUT2D eigenvalue weighted by Gasteiger charge is -2.27. The molecule has 18 heavy (non-hydrogen) atoms. The molecule has 0 saturated heterocycles. The van der Waals surface area contributed by atoms with Gasteiger partial charge in [-0.25, -0.2) is 0 Å². The van der Waals surface area contributed by atoms with Crippen molar-refractivity contribution in [2.75, 3.05) is 0 Å². The zero-order chi connectivity index (χ0) is 14.1. The smallest absolute Gasteiger partial charge is 0.258 e. The molecule has 4 heteroatoms. The van der Waals surface area contributed by atoms with Crippen molar-refractivity contribution in [1.29, 1.82) is 5.26 Å². The van der Waals surface area contributed by atoms with E-state index >= 15 is 0 Å². The third kappa shape index (κ3) is 2.51. The molecule has 1 rings (SSSR count). The molecular formula is C14H18N2O2. The minimum atomic E-state index is -0.393. The van der Waals surface area contributed by atoms with Gasteiger partial charge in [0.15, 0.2) is 0 Å². The van der Waals surface area contributed by atoms with Gasteiger partial charge in [-0.1, -0.05) is 26.8 Å². The summed E-state index contributed by atoms with van der Waals surface area (Å²) in [6.45, 7) is 9.52. The van der Waals surface area contributed by atoms with Crippen LogP contribution in [0.5, 0.6) is 0 Å². The van der Waals surface area contributed by atoms with Gasteiger partial charge in [0.25, 0.3) is 5.69 Å². The van der Waals surface area contributed by atoms with E-state index in [9.17, 15) is 15.4 Å². The predicted octanol–water partition coefficient (Wildman–Crippen LogP) is 3.86. The Hall–Kier alpha value is -1.89. The maximum atomic E-state index is 11.0. The lowest BCUT2D eigenvalue weighted by atomic mass is 9.74. The lowest BCUT2D eigenvalue weighted by molar-refractivity contribution is -0.385. The van der Waals surface area contributed by atoms with Crippen LogP contribution in [0.25, 0.3) is 0 Å². The van der Waals surface area contributed by atoms with E-state index in [-0.39, 0.29) is 17.0 Å². The van der Waals surface area contributed by atoms with Crippen molar-refractivity contribution in [2.45, 2.75) is 40.5 Å². The predicted molar refractivity (Wildman–Crippen MR) is 70.4 cm³/mol. The Kier molecular flexibility index (Phi) is 3.76. The molecule has 0 aromatic heterocycles. The number of hydrogen-bond donors (Lipinski definition) is 0. The molecule has 1 atom stereocenters. The molecule has 1 aromatic carbocycles. The second-order valence-electron chi connectivity index (χ2n) is 5.63. The van der Waals surface area contributed by atoms with Gasteiger partial charge in [0.1, 0.15) is 0 Å². The van der Waals surface area contributed by atoms with Crippen molar-refractivity contribution in [3.05, 3.63) is 38.9 Å². The maximum absolute atomic E-state index is 11.0. The number of rotatable bonds is 2. The summed E-state index contributed by atoms with van der Waals surface area (Å²) in [5, 5.41) is 20.3. The largest absolute Gasteiger partial charge is 0.272 e. The van der Waals surface area contributed by atoms with E-state index in [1.54, 1.807) is 13.0 Å². The van der Waals surface area contributed by atoms with Crippen LogP contribution in [0.15, 0.2) is 12.1 Å². The van der Waals surface area contributed by atoms with Crippen LogP contribution in [0.1, 0.15) is 43.4 Å². The molecule has 0 aliphatic heterocycles. The Labute approximate surface area is 107 Å². The first-order valence-electron chi connectivity index (χ1n) is 5.84. The summed E-state index contributed by atoms with van der Waals surface area (Å²) in [7, 11) is 0. The molecule has 1 unspecified atom stereocenters. The molecule has 96 valence electrons. The summed E-state index contributed by atoms with van der Waals surface area (Å²) in [6, 6.07) is 5.51. The highest BCUT2D eigenvalue weighted by Crippen LogP contribution is 2.39. The van der Waals surface area contributed by atoms with E-state index in [1.807, 2.05) is 27.7 Å². The van der Waals surface area contributed by atoms with Gasteiger partial charge in [0.05, 0.1) is 16.9 Å². The highest BCUT2D eigenvalue weighted by molar-refractivity contribution is 5.51. The van der Waals surface area contributed by atoms with Crippen LogP contribution in [0.2, 0.25) is 0 Å². The molecule has 1 aromatic rings. The molecule has 0 amide bonds. The first kappa shape index (κ1) is 14.2. The van der Waals surface area contributed by atoms with Gasteiger partial charge < -0.3 is 0 Å². The van der Waals surface area contributed by atoms with Crippen LogP contribution in [0, 0.1) is 40.7 Å². The molecule has 0 fully saturated rings. The minimum absolute atomic E-state index is 0.0834. The SMILES string of the molecule is Cc1ccc([N+](=O)[O-])c(C)c1C(C#N)C(C)(C)C. The molecule has 0 saturated carbocycles. The Morgan fingerprint density at radius 2 is 1.89 bits per heavy atom. The quantitative estimate of drug-likeness (QED) is 0.587. The number of nitrogens with zero attached hydrogens (tertiary/aromatic N) is 2. The average molecular weight is 246 g/mol. The summed E-state index contributed by atoms with van der Waals surface area (Å²) in [5.74, 6) is -0.350. The molecule has 4 nitrogen and oxygen atoms in total. The van der Waals surface area contributed by atoms with Crippen molar-refractivity contribution < 1.29 is 4.92 Å². The molecule has 0 spiro atoms. The zero-order valence-electron chi connectivity index (χ0n) is 11.4. The number of benzene rings is 1. The fraction of sp³-hybridized carbons (Fsp3) is 0.500. The summed E-state index contributed by atoms with van der Waals surface area (Å²) >= 11 is 0. The molecule has 0 bridgehead atoms. The Morgan fingerprint density at radius 1 is 1.33 bits per heavy atom. The van der Waals surface area contributed by atoms with Crippen LogP contribution in [-0.4, -0.2) is 4.92 Å². The third-order valence-electron chi connectivity index (χ3n) is 3.18. The highest BCUT2D eigenvalue weighted by Gasteiger charge is 2.31. The second kappa shape index (κ2) is 4.77. The third-order valence-corrected chi connectivity index (χ3v) is 3.18. The topological polar surface area (TPSA) is 66.9 Å². The lowest BCUT2D eigenvalue weighted by Crippen LogP contribution is -2.19. The van der Waals surface area contributed by atoms with Crippen LogP contribution < -0.4 is 0 Å². The van der Waals surface area contributed by atoms with Gasteiger partial charge in [-0.15, -0.1) is 0 Å².